The molecule has 0 saturated heterocycles. The number of fused-ring (bicyclic) bond motifs is 3. The third-order valence-electron chi connectivity index (χ3n) is 6.27. The van der Waals surface area contributed by atoms with Crippen LogP contribution in [0.15, 0.2) is 72.8 Å². The average Bonchev–Trinajstić information content (AvgIpc) is 3.01. The smallest absolute Gasteiger partial charge is 0.157 e. The summed E-state index contributed by atoms with van der Waals surface area (Å²) in [6.45, 7) is 4.06. The first kappa shape index (κ1) is 19.1. The van der Waals surface area contributed by atoms with Crippen LogP contribution < -0.4 is 0 Å². The summed E-state index contributed by atoms with van der Waals surface area (Å²) in [5.74, 6) is -0.816. The van der Waals surface area contributed by atoms with E-state index >= 15 is 0 Å². The first-order valence-corrected chi connectivity index (χ1v) is 10.1. The number of aromatic hydroxyl groups is 4. The lowest BCUT2D eigenvalue weighted by atomic mass is 9.67. The van der Waals surface area contributed by atoms with Crippen LogP contribution in [-0.4, -0.2) is 20.4 Å². The predicted molar refractivity (Wildman–Crippen MR) is 120 cm³/mol. The van der Waals surface area contributed by atoms with Gasteiger partial charge in [-0.15, -0.1) is 0 Å². The second-order valence-corrected chi connectivity index (χ2v) is 8.26. The molecule has 4 aromatic carbocycles. The van der Waals surface area contributed by atoms with E-state index in [9.17, 15) is 20.4 Å². The van der Waals surface area contributed by atoms with Gasteiger partial charge in [-0.1, -0.05) is 59.7 Å². The molecule has 0 amide bonds. The lowest BCUT2D eigenvalue weighted by Crippen LogP contribution is -2.28. The molecule has 1 aliphatic carbocycles. The molecule has 0 aromatic heterocycles. The third-order valence-corrected chi connectivity index (χ3v) is 6.27. The standard InChI is InChI=1S/C27H22O4/c1-15-3-7-19-20-8-4-16(2)12-22(20)27(21(19)11-15,17-5-9-23(28)25(30)13-17)18-6-10-24(29)26(31)14-18/h3-14,28-31H,1-2H3. The topological polar surface area (TPSA) is 80.9 Å². The van der Waals surface area contributed by atoms with Crippen molar-refractivity contribution in [1.82, 2.24) is 0 Å². The molecule has 154 valence electrons. The Bertz CT molecular complexity index is 1250. The van der Waals surface area contributed by atoms with Gasteiger partial charge in [0, 0.05) is 0 Å². The summed E-state index contributed by atoms with van der Waals surface area (Å²) in [5.41, 5.74) is 7.00. The van der Waals surface area contributed by atoms with Crippen LogP contribution in [0.4, 0.5) is 0 Å². The van der Waals surface area contributed by atoms with Gasteiger partial charge in [0.05, 0.1) is 5.41 Å². The summed E-state index contributed by atoms with van der Waals surface area (Å²) in [7, 11) is 0. The second-order valence-electron chi connectivity index (χ2n) is 8.26. The maximum atomic E-state index is 10.4. The molecule has 0 saturated carbocycles. The quantitative estimate of drug-likeness (QED) is 0.290. The van der Waals surface area contributed by atoms with E-state index in [-0.39, 0.29) is 23.0 Å². The first-order chi connectivity index (χ1) is 14.8. The number of hydrogen-bond acceptors (Lipinski definition) is 4. The van der Waals surface area contributed by atoms with Crippen molar-refractivity contribution in [3.63, 3.8) is 0 Å². The highest BCUT2D eigenvalue weighted by Crippen LogP contribution is 2.57. The molecule has 5 rings (SSSR count). The van der Waals surface area contributed by atoms with Gasteiger partial charge >= 0.3 is 0 Å². The number of rotatable bonds is 2. The van der Waals surface area contributed by atoms with Crippen LogP contribution in [0.1, 0.15) is 33.4 Å². The fourth-order valence-corrected chi connectivity index (χ4v) is 4.85. The molecule has 31 heavy (non-hydrogen) atoms. The Morgan fingerprint density at radius 3 is 1.29 bits per heavy atom. The van der Waals surface area contributed by atoms with Gasteiger partial charge in [0.1, 0.15) is 0 Å². The Balaban J connectivity index is 2.00. The fourth-order valence-electron chi connectivity index (χ4n) is 4.85. The van der Waals surface area contributed by atoms with Gasteiger partial charge in [-0.25, -0.2) is 0 Å². The zero-order valence-electron chi connectivity index (χ0n) is 17.2. The molecule has 4 N–H and O–H groups in total. The van der Waals surface area contributed by atoms with Crippen LogP contribution in [-0.2, 0) is 5.41 Å². The minimum Gasteiger partial charge on any atom is -0.504 e. The summed E-state index contributed by atoms with van der Waals surface area (Å²) < 4.78 is 0. The lowest BCUT2D eigenvalue weighted by Gasteiger charge is -2.34. The molecule has 0 fully saturated rings. The van der Waals surface area contributed by atoms with E-state index in [0.717, 1.165) is 44.5 Å². The SMILES string of the molecule is Cc1ccc2c(c1)C(c1ccc(O)c(O)c1)(c1ccc(O)c(O)c1)c1cc(C)ccc1-2. The molecule has 4 aromatic rings. The number of phenolic OH excluding ortho intramolecular Hbond substituents is 4. The van der Waals surface area contributed by atoms with Gasteiger partial charge in [-0.05, 0) is 71.5 Å². The van der Waals surface area contributed by atoms with Crippen molar-refractivity contribution in [3.8, 4) is 34.1 Å². The van der Waals surface area contributed by atoms with Crippen molar-refractivity contribution < 1.29 is 20.4 Å². The minimum atomic E-state index is -0.848. The Morgan fingerprint density at radius 1 is 0.484 bits per heavy atom. The van der Waals surface area contributed by atoms with E-state index in [2.05, 4.69) is 36.4 Å². The van der Waals surface area contributed by atoms with Gasteiger partial charge in [0.15, 0.2) is 23.0 Å². The summed E-state index contributed by atoms with van der Waals surface area (Å²) >= 11 is 0. The third kappa shape index (κ3) is 2.61. The molecular formula is C27H22O4. The number of benzene rings is 4. The zero-order valence-corrected chi connectivity index (χ0v) is 17.2. The number of hydrogen-bond donors (Lipinski definition) is 4. The maximum Gasteiger partial charge on any atom is 0.157 e. The predicted octanol–water partition coefficient (Wildman–Crippen LogP) is 5.49. The average molecular weight is 410 g/mol. The molecule has 1 aliphatic rings. The van der Waals surface area contributed by atoms with Crippen LogP contribution >= 0.6 is 0 Å². The van der Waals surface area contributed by atoms with Gasteiger partial charge in [0.25, 0.3) is 0 Å². The molecule has 0 spiro atoms. The molecule has 0 heterocycles. The Labute approximate surface area is 180 Å². The van der Waals surface area contributed by atoms with Gasteiger partial charge in [-0.2, -0.15) is 0 Å². The second kappa shape index (κ2) is 6.54. The van der Waals surface area contributed by atoms with Crippen LogP contribution in [0, 0.1) is 13.8 Å². The number of aryl methyl sites for hydroxylation is 2. The van der Waals surface area contributed by atoms with Crippen molar-refractivity contribution in [3.05, 3.63) is 106 Å². The van der Waals surface area contributed by atoms with Crippen LogP contribution in [0.5, 0.6) is 23.0 Å². The molecule has 4 heteroatoms. The molecule has 0 atom stereocenters. The molecule has 0 unspecified atom stereocenters. The maximum absolute atomic E-state index is 10.4. The van der Waals surface area contributed by atoms with E-state index in [1.807, 2.05) is 13.8 Å². The number of phenols is 4. The highest BCUT2D eigenvalue weighted by atomic mass is 16.3. The Kier molecular flexibility index (Phi) is 4.02. The van der Waals surface area contributed by atoms with E-state index < -0.39 is 5.41 Å². The van der Waals surface area contributed by atoms with E-state index in [4.69, 9.17) is 0 Å². The Hall–Kier alpha value is -3.92. The van der Waals surface area contributed by atoms with E-state index in [1.54, 1.807) is 24.3 Å². The van der Waals surface area contributed by atoms with E-state index in [0.29, 0.717) is 0 Å². The summed E-state index contributed by atoms with van der Waals surface area (Å²) in [5, 5.41) is 40.7. The fraction of sp³-hybridized carbons (Fsp3) is 0.111. The van der Waals surface area contributed by atoms with Gasteiger partial charge < -0.3 is 20.4 Å². The van der Waals surface area contributed by atoms with Gasteiger partial charge in [-0.3, -0.25) is 0 Å². The van der Waals surface area contributed by atoms with Gasteiger partial charge in [0.2, 0.25) is 0 Å². The van der Waals surface area contributed by atoms with Crippen molar-refractivity contribution in [1.29, 1.82) is 0 Å². The highest BCUT2D eigenvalue weighted by Gasteiger charge is 2.46. The largest absolute Gasteiger partial charge is 0.504 e. The lowest BCUT2D eigenvalue weighted by molar-refractivity contribution is 0.401. The van der Waals surface area contributed by atoms with Crippen LogP contribution in [0.3, 0.4) is 0 Å². The monoisotopic (exact) mass is 410 g/mol. The van der Waals surface area contributed by atoms with Crippen molar-refractivity contribution in [2.45, 2.75) is 19.3 Å². The summed E-state index contributed by atoms with van der Waals surface area (Å²) in [4.78, 5) is 0. The molecule has 4 nitrogen and oxygen atoms in total. The van der Waals surface area contributed by atoms with Crippen LogP contribution in [0.25, 0.3) is 11.1 Å². The molecular weight excluding hydrogens is 388 g/mol. The molecule has 0 radical (unpaired) electrons. The molecule has 0 bridgehead atoms. The normalized spacial score (nSPS) is 13.6. The summed E-state index contributed by atoms with van der Waals surface area (Å²) in [6, 6.07) is 22.3. The Morgan fingerprint density at radius 2 is 0.903 bits per heavy atom. The summed E-state index contributed by atoms with van der Waals surface area (Å²) in [6.07, 6.45) is 0. The van der Waals surface area contributed by atoms with E-state index in [1.165, 1.54) is 12.1 Å². The highest BCUT2D eigenvalue weighted by molar-refractivity contribution is 5.87. The van der Waals surface area contributed by atoms with Crippen molar-refractivity contribution in [2.75, 3.05) is 0 Å². The zero-order chi connectivity index (χ0) is 21.9. The first-order valence-electron chi connectivity index (χ1n) is 10.1. The van der Waals surface area contributed by atoms with Crippen LogP contribution in [0.2, 0.25) is 0 Å². The van der Waals surface area contributed by atoms with Crippen molar-refractivity contribution >= 4 is 0 Å². The minimum absolute atomic E-state index is 0.195. The molecule has 0 aliphatic heterocycles. The van der Waals surface area contributed by atoms with Crippen molar-refractivity contribution in [2.24, 2.45) is 0 Å².